The molecule has 0 saturated carbocycles. The summed E-state index contributed by atoms with van der Waals surface area (Å²) in [7, 11) is 0. The van der Waals surface area contributed by atoms with Crippen molar-refractivity contribution in [2.45, 2.75) is 18.2 Å². The number of rotatable bonds is 3. The van der Waals surface area contributed by atoms with E-state index in [4.69, 9.17) is 5.73 Å². The minimum atomic E-state index is -4.73. The summed E-state index contributed by atoms with van der Waals surface area (Å²) in [4.78, 5) is 3.67. The van der Waals surface area contributed by atoms with Gasteiger partial charge < -0.3 is 10.8 Å². The van der Waals surface area contributed by atoms with Crippen LogP contribution in [0.1, 0.15) is 5.56 Å². The highest BCUT2D eigenvalue weighted by molar-refractivity contribution is 5.14. The van der Waals surface area contributed by atoms with Crippen molar-refractivity contribution < 1.29 is 18.3 Å². The zero-order valence-corrected chi connectivity index (χ0v) is 7.83. The van der Waals surface area contributed by atoms with Crippen molar-refractivity contribution in [1.29, 1.82) is 0 Å². The summed E-state index contributed by atoms with van der Waals surface area (Å²) in [6, 6.07) is 2.82. The fraction of sp³-hybridized carbons (Fsp3) is 0.444. The maximum atomic E-state index is 12.4. The molecule has 84 valence electrons. The van der Waals surface area contributed by atoms with Gasteiger partial charge in [-0.2, -0.15) is 13.2 Å². The van der Waals surface area contributed by atoms with E-state index in [1.165, 1.54) is 24.5 Å². The lowest BCUT2D eigenvalue weighted by atomic mass is 9.94. The third kappa shape index (κ3) is 2.66. The Bertz CT molecular complexity index is 315. The monoisotopic (exact) mass is 220 g/mol. The van der Waals surface area contributed by atoms with E-state index in [0.29, 0.717) is 5.56 Å². The van der Waals surface area contributed by atoms with E-state index in [-0.39, 0.29) is 0 Å². The molecule has 0 amide bonds. The largest absolute Gasteiger partial charge is 0.418 e. The Labute approximate surface area is 84.7 Å². The Balaban J connectivity index is 2.87. The number of halogens is 3. The molecule has 3 N–H and O–H groups in total. The van der Waals surface area contributed by atoms with Crippen LogP contribution in [0.25, 0.3) is 0 Å². The number of pyridine rings is 1. The molecule has 0 radical (unpaired) electrons. The Hall–Kier alpha value is -1.14. The van der Waals surface area contributed by atoms with E-state index < -0.39 is 24.7 Å². The van der Waals surface area contributed by atoms with Crippen LogP contribution in [-0.4, -0.2) is 28.4 Å². The molecular weight excluding hydrogens is 209 g/mol. The Morgan fingerprint density at radius 2 is 1.80 bits per heavy atom. The first kappa shape index (κ1) is 11.9. The number of nitrogens with zero attached hydrogens (tertiary/aromatic N) is 1. The van der Waals surface area contributed by atoms with Crippen LogP contribution >= 0.6 is 0 Å². The molecule has 0 aliphatic heterocycles. The van der Waals surface area contributed by atoms with Crippen molar-refractivity contribution in [3.05, 3.63) is 30.1 Å². The van der Waals surface area contributed by atoms with Crippen LogP contribution in [0.5, 0.6) is 0 Å². The molecule has 15 heavy (non-hydrogen) atoms. The average Bonchev–Trinajstić information content (AvgIpc) is 2.17. The molecule has 0 fully saturated rings. The summed E-state index contributed by atoms with van der Waals surface area (Å²) in [5, 5.41) is 9.34. The van der Waals surface area contributed by atoms with Crippen LogP contribution in [0.3, 0.4) is 0 Å². The van der Waals surface area contributed by atoms with Crippen molar-refractivity contribution in [3.8, 4) is 0 Å². The Morgan fingerprint density at radius 1 is 1.27 bits per heavy atom. The minimum absolute atomic E-state index is 0.343. The number of aromatic nitrogens is 1. The summed E-state index contributed by atoms with van der Waals surface area (Å²) in [6.45, 7) is -0.862. The van der Waals surface area contributed by atoms with Crippen LogP contribution in [0.15, 0.2) is 24.5 Å². The molecule has 0 saturated heterocycles. The first-order valence-corrected chi connectivity index (χ1v) is 4.27. The topological polar surface area (TPSA) is 59.1 Å². The molecule has 1 aromatic heterocycles. The highest BCUT2D eigenvalue weighted by atomic mass is 19.4. The third-order valence-electron chi connectivity index (χ3n) is 2.11. The zero-order chi connectivity index (χ0) is 11.5. The molecule has 1 rings (SSSR count). The van der Waals surface area contributed by atoms with Crippen LogP contribution in [-0.2, 0) is 6.42 Å². The second-order valence-corrected chi connectivity index (χ2v) is 3.27. The zero-order valence-electron chi connectivity index (χ0n) is 7.83. The molecule has 0 aromatic carbocycles. The highest BCUT2D eigenvalue weighted by Gasteiger charge is 2.52. The first-order valence-electron chi connectivity index (χ1n) is 4.27. The Morgan fingerprint density at radius 3 is 2.20 bits per heavy atom. The highest BCUT2D eigenvalue weighted by Crippen LogP contribution is 2.32. The second kappa shape index (κ2) is 4.16. The maximum absolute atomic E-state index is 12.4. The van der Waals surface area contributed by atoms with E-state index in [1.807, 2.05) is 0 Å². The van der Waals surface area contributed by atoms with Crippen molar-refractivity contribution in [2.24, 2.45) is 5.73 Å². The average molecular weight is 220 g/mol. The van der Waals surface area contributed by atoms with Crippen molar-refractivity contribution in [3.63, 3.8) is 0 Å². The molecule has 1 heterocycles. The molecule has 6 heteroatoms. The predicted molar refractivity (Wildman–Crippen MR) is 48.0 cm³/mol. The smallest absolute Gasteiger partial charge is 0.379 e. The van der Waals surface area contributed by atoms with E-state index in [2.05, 4.69) is 4.98 Å². The fourth-order valence-corrected chi connectivity index (χ4v) is 1.13. The molecule has 0 spiro atoms. The van der Waals surface area contributed by atoms with Gasteiger partial charge in [0, 0.05) is 25.4 Å². The molecule has 1 unspecified atom stereocenters. The Kier molecular flexibility index (Phi) is 3.31. The van der Waals surface area contributed by atoms with Gasteiger partial charge in [-0.15, -0.1) is 0 Å². The molecule has 1 aromatic rings. The van der Waals surface area contributed by atoms with E-state index >= 15 is 0 Å². The summed E-state index contributed by atoms with van der Waals surface area (Å²) in [5.74, 6) is 0. The number of alkyl halides is 3. The van der Waals surface area contributed by atoms with E-state index in [0.717, 1.165) is 0 Å². The normalized spacial score (nSPS) is 16.1. The number of nitrogens with two attached hydrogens (primary N) is 1. The number of hydrogen-bond acceptors (Lipinski definition) is 3. The summed E-state index contributed by atoms with van der Waals surface area (Å²) in [6.07, 6.45) is -2.56. The van der Waals surface area contributed by atoms with Crippen molar-refractivity contribution in [1.82, 2.24) is 4.98 Å². The van der Waals surface area contributed by atoms with Gasteiger partial charge in [-0.25, -0.2) is 0 Å². The molecule has 0 bridgehead atoms. The second-order valence-electron chi connectivity index (χ2n) is 3.27. The van der Waals surface area contributed by atoms with Crippen LogP contribution < -0.4 is 5.73 Å². The molecular formula is C9H11F3N2O. The summed E-state index contributed by atoms with van der Waals surface area (Å²) >= 11 is 0. The molecule has 1 atom stereocenters. The van der Waals surface area contributed by atoms with Gasteiger partial charge in [0.2, 0.25) is 0 Å². The van der Waals surface area contributed by atoms with Crippen LogP contribution in [0.2, 0.25) is 0 Å². The van der Waals surface area contributed by atoms with E-state index in [1.54, 1.807) is 0 Å². The first-order chi connectivity index (χ1) is 6.89. The molecule has 0 aliphatic carbocycles. The van der Waals surface area contributed by atoms with Crippen LogP contribution in [0.4, 0.5) is 13.2 Å². The lowest BCUT2D eigenvalue weighted by Crippen LogP contribution is -2.52. The van der Waals surface area contributed by atoms with Gasteiger partial charge in [0.05, 0.1) is 0 Å². The standard InChI is InChI=1S/C9H11F3N2O/c10-9(11,12)8(15,6-13)5-7-1-3-14-4-2-7/h1-4,15H,5-6,13H2. The number of hydrogen-bond donors (Lipinski definition) is 2. The predicted octanol–water partition coefficient (Wildman–Crippen LogP) is 0.876. The van der Waals surface area contributed by atoms with Crippen molar-refractivity contribution in [2.75, 3.05) is 6.54 Å². The van der Waals surface area contributed by atoms with Crippen LogP contribution in [0, 0.1) is 0 Å². The maximum Gasteiger partial charge on any atom is 0.418 e. The fourth-order valence-electron chi connectivity index (χ4n) is 1.13. The summed E-state index contributed by atoms with van der Waals surface area (Å²) in [5.41, 5.74) is 2.43. The minimum Gasteiger partial charge on any atom is -0.379 e. The van der Waals surface area contributed by atoms with Gasteiger partial charge >= 0.3 is 6.18 Å². The van der Waals surface area contributed by atoms with E-state index in [9.17, 15) is 18.3 Å². The van der Waals surface area contributed by atoms with Crippen molar-refractivity contribution >= 4 is 0 Å². The van der Waals surface area contributed by atoms with Gasteiger partial charge in [0.25, 0.3) is 0 Å². The molecule has 0 aliphatic rings. The molecule has 3 nitrogen and oxygen atoms in total. The van der Waals surface area contributed by atoms with Gasteiger partial charge in [-0.3, -0.25) is 4.98 Å². The lowest BCUT2D eigenvalue weighted by Gasteiger charge is -2.29. The van der Waals surface area contributed by atoms with Gasteiger partial charge in [-0.1, -0.05) is 0 Å². The number of aliphatic hydroxyl groups is 1. The van der Waals surface area contributed by atoms with Gasteiger partial charge in [0.15, 0.2) is 5.60 Å². The van der Waals surface area contributed by atoms with Gasteiger partial charge in [0.1, 0.15) is 0 Å². The SMILES string of the molecule is NCC(O)(Cc1ccncc1)C(F)(F)F. The third-order valence-corrected chi connectivity index (χ3v) is 2.11. The lowest BCUT2D eigenvalue weighted by molar-refractivity contribution is -0.255. The summed E-state index contributed by atoms with van der Waals surface area (Å²) < 4.78 is 37.3. The van der Waals surface area contributed by atoms with Gasteiger partial charge in [-0.05, 0) is 17.7 Å². The quantitative estimate of drug-likeness (QED) is 0.794.